The van der Waals surface area contributed by atoms with Gasteiger partial charge in [-0.05, 0) is 12.1 Å². The number of benzene rings is 2. The second-order valence-corrected chi connectivity index (χ2v) is 5.69. The number of aliphatic hydroxyl groups is 1. The van der Waals surface area contributed by atoms with Crippen LogP contribution in [0.4, 0.5) is 5.69 Å². The first-order valence-corrected chi connectivity index (χ1v) is 7.57. The molecule has 0 saturated carbocycles. The Bertz CT molecular complexity index is 924. The number of nitrogens with zero attached hydrogens (tertiary/aromatic N) is 2. The predicted octanol–water partition coefficient (Wildman–Crippen LogP) is 4.72. The lowest BCUT2D eigenvalue weighted by Gasteiger charge is -2.04. The van der Waals surface area contributed by atoms with E-state index in [1.165, 1.54) is 18.2 Å². The van der Waals surface area contributed by atoms with E-state index in [0.29, 0.717) is 27.4 Å². The predicted molar refractivity (Wildman–Crippen MR) is 90.0 cm³/mol. The van der Waals surface area contributed by atoms with Gasteiger partial charge in [-0.25, -0.2) is 0 Å². The van der Waals surface area contributed by atoms with Crippen molar-refractivity contribution in [2.24, 2.45) is 0 Å². The molecule has 1 aromatic heterocycles. The van der Waals surface area contributed by atoms with Gasteiger partial charge in [0.15, 0.2) is 5.76 Å². The molecule has 0 atom stereocenters. The van der Waals surface area contributed by atoms with Crippen LogP contribution >= 0.6 is 23.2 Å². The number of nitro groups is 1. The summed E-state index contributed by atoms with van der Waals surface area (Å²) >= 11 is 12.2. The third-order valence-electron chi connectivity index (χ3n) is 3.47. The number of non-ortho nitro benzene ring substituents is 1. The van der Waals surface area contributed by atoms with Crippen LogP contribution in [0.3, 0.4) is 0 Å². The van der Waals surface area contributed by atoms with Crippen molar-refractivity contribution >= 4 is 28.9 Å². The summed E-state index contributed by atoms with van der Waals surface area (Å²) < 4.78 is 5.34. The fraction of sp³-hybridized carbons (Fsp3) is 0.0625. The van der Waals surface area contributed by atoms with Crippen molar-refractivity contribution in [2.75, 3.05) is 0 Å². The first-order chi connectivity index (χ1) is 11.5. The molecular formula is C16H10Cl2N2O4. The SMILES string of the molecule is O=[N+]([O-])c1cccc(-c2noc(-c3cccc(Cl)c3Cl)c2CO)c1. The van der Waals surface area contributed by atoms with E-state index in [9.17, 15) is 15.2 Å². The van der Waals surface area contributed by atoms with Gasteiger partial charge in [0.25, 0.3) is 5.69 Å². The van der Waals surface area contributed by atoms with Crippen molar-refractivity contribution in [3.05, 3.63) is 68.2 Å². The summed E-state index contributed by atoms with van der Waals surface area (Å²) in [6, 6.07) is 10.9. The molecule has 0 aliphatic heterocycles. The van der Waals surface area contributed by atoms with Crippen molar-refractivity contribution in [2.45, 2.75) is 6.61 Å². The average molecular weight is 365 g/mol. The highest BCUT2D eigenvalue weighted by atomic mass is 35.5. The molecule has 122 valence electrons. The highest BCUT2D eigenvalue weighted by molar-refractivity contribution is 6.43. The zero-order valence-corrected chi connectivity index (χ0v) is 13.6. The highest BCUT2D eigenvalue weighted by Crippen LogP contribution is 2.38. The third kappa shape index (κ3) is 2.87. The van der Waals surface area contributed by atoms with Gasteiger partial charge in [0.05, 0.1) is 27.1 Å². The molecule has 0 saturated heterocycles. The van der Waals surface area contributed by atoms with Crippen molar-refractivity contribution in [3.8, 4) is 22.6 Å². The zero-order chi connectivity index (χ0) is 17.3. The molecule has 0 radical (unpaired) electrons. The third-order valence-corrected chi connectivity index (χ3v) is 4.29. The van der Waals surface area contributed by atoms with Crippen molar-refractivity contribution in [1.82, 2.24) is 5.16 Å². The maximum atomic E-state index is 10.9. The molecule has 0 unspecified atom stereocenters. The number of nitro benzene ring substituents is 1. The fourth-order valence-corrected chi connectivity index (χ4v) is 2.73. The molecule has 6 nitrogen and oxygen atoms in total. The van der Waals surface area contributed by atoms with Crippen molar-refractivity contribution in [3.63, 3.8) is 0 Å². The van der Waals surface area contributed by atoms with E-state index in [1.54, 1.807) is 24.3 Å². The minimum absolute atomic E-state index is 0.0817. The quantitative estimate of drug-likeness (QED) is 0.534. The van der Waals surface area contributed by atoms with Crippen LogP contribution in [-0.4, -0.2) is 15.2 Å². The van der Waals surface area contributed by atoms with E-state index in [0.717, 1.165) is 0 Å². The van der Waals surface area contributed by atoms with Crippen LogP contribution in [0.5, 0.6) is 0 Å². The molecule has 0 aliphatic carbocycles. The number of halogens is 2. The Balaban J connectivity index is 2.16. The molecule has 0 spiro atoms. The first-order valence-electron chi connectivity index (χ1n) is 6.81. The summed E-state index contributed by atoms with van der Waals surface area (Å²) in [5.41, 5.74) is 1.55. The minimum atomic E-state index is -0.503. The standard InChI is InChI=1S/C16H10Cl2N2O4/c17-13-6-2-5-11(14(13)18)16-12(8-21)15(19-24-16)9-3-1-4-10(7-9)20(22)23/h1-7,21H,8H2. The summed E-state index contributed by atoms with van der Waals surface area (Å²) in [6.07, 6.45) is 0. The lowest BCUT2D eigenvalue weighted by molar-refractivity contribution is -0.384. The normalized spacial score (nSPS) is 10.8. The van der Waals surface area contributed by atoms with E-state index >= 15 is 0 Å². The molecule has 0 bridgehead atoms. The maximum absolute atomic E-state index is 10.9. The summed E-state index contributed by atoms with van der Waals surface area (Å²) in [4.78, 5) is 10.4. The van der Waals surface area contributed by atoms with Crippen LogP contribution < -0.4 is 0 Å². The van der Waals surface area contributed by atoms with Gasteiger partial charge in [0.2, 0.25) is 0 Å². The van der Waals surface area contributed by atoms with Gasteiger partial charge in [0, 0.05) is 23.3 Å². The second kappa shape index (κ2) is 6.60. The Morgan fingerprint density at radius 1 is 1.21 bits per heavy atom. The molecule has 1 heterocycles. The highest BCUT2D eigenvalue weighted by Gasteiger charge is 2.22. The summed E-state index contributed by atoms with van der Waals surface area (Å²) in [5.74, 6) is 0.270. The Labute approximate surface area is 146 Å². The number of hydrogen-bond acceptors (Lipinski definition) is 5. The monoisotopic (exact) mass is 364 g/mol. The Kier molecular flexibility index (Phi) is 4.53. The van der Waals surface area contributed by atoms with Crippen LogP contribution in [0, 0.1) is 10.1 Å². The number of aromatic nitrogens is 1. The van der Waals surface area contributed by atoms with Gasteiger partial charge in [-0.2, -0.15) is 0 Å². The van der Waals surface area contributed by atoms with Crippen molar-refractivity contribution < 1.29 is 14.6 Å². The van der Waals surface area contributed by atoms with Gasteiger partial charge in [-0.3, -0.25) is 10.1 Å². The lowest BCUT2D eigenvalue weighted by atomic mass is 10.0. The Morgan fingerprint density at radius 3 is 2.67 bits per heavy atom. The molecular weight excluding hydrogens is 355 g/mol. The molecule has 3 rings (SSSR count). The van der Waals surface area contributed by atoms with E-state index in [2.05, 4.69) is 5.16 Å². The summed E-state index contributed by atoms with van der Waals surface area (Å²) in [7, 11) is 0. The van der Waals surface area contributed by atoms with Crippen LogP contribution in [0.2, 0.25) is 10.0 Å². The Hall–Kier alpha value is -2.41. The topological polar surface area (TPSA) is 89.4 Å². The molecule has 1 N–H and O–H groups in total. The summed E-state index contributed by atoms with van der Waals surface area (Å²) in [5, 5.41) is 25.2. The van der Waals surface area contributed by atoms with E-state index in [-0.39, 0.29) is 23.1 Å². The maximum Gasteiger partial charge on any atom is 0.270 e. The molecule has 2 aromatic carbocycles. The van der Waals surface area contributed by atoms with Gasteiger partial charge in [0.1, 0.15) is 5.69 Å². The second-order valence-electron chi connectivity index (χ2n) is 4.91. The van der Waals surface area contributed by atoms with Gasteiger partial charge in [-0.15, -0.1) is 0 Å². The van der Waals surface area contributed by atoms with Gasteiger partial charge < -0.3 is 9.63 Å². The van der Waals surface area contributed by atoms with Gasteiger partial charge >= 0.3 is 0 Å². The number of rotatable bonds is 4. The van der Waals surface area contributed by atoms with E-state index in [1.807, 2.05) is 0 Å². The molecule has 0 amide bonds. The molecule has 3 aromatic rings. The molecule has 0 aliphatic rings. The minimum Gasteiger partial charge on any atom is -0.391 e. The first kappa shape index (κ1) is 16.4. The van der Waals surface area contributed by atoms with Crippen LogP contribution in [0.25, 0.3) is 22.6 Å². The largest absolute Gasteiger partial charge is 0.391 e. The van der Waals surface area contributed by atoms with Crippen molar-refractivity contribution in [1.29, 1.82) is 0 Å². The molecule has 0 fully saturated rings. The Morgan fingerprint density at radius 2 is 1.96 bits per heavy atom. The number of hydrogen-bond donors (Lipinski definition) is 1. The smallest absolute Gasteiger partial charge is 0.270 e. The fourth-order valence-electron chi connectivity index (χ4n) is 2.34. The number of aliphatic hydroxyl groups excluding tert-OH is 1. The van der Waals surface area contributed by atoms with E-state index in [4.69, 9.17) is 27.7 Å². The van der Waals surface area contributed by atoms with Gasteiger partial charge in [-0.1, -0.05) is 46.6 Å². The van der Waals surface area contributed by atoms with Crippen LogP contribution in [-0.2, 0) is 6.61 Å². The van der Waals surface area contributed by atoms with Crippen LogP contribution in [0.15, 0.2) is 47.0 Å². The molecule has 24 heavy (non-hydrogen) atoms. The summed E-state index contributed by atoms with van der Waals surface area (Å²) in [6.45, 7) is -0.375. The average Bonchev–Trinajstić information content (AvgIpc) is 3.01. The zero-order valence-electron chi connectivity index (χ0n) is 12.1. The molecule has 8 heteroatoms. The van der Waals surface area contributed by atoms with E-state index < -0.39 is 4.92 Å². The van der Waals surface area contributed by atoms with Crippen LogP contribution in [0.1, 0.15) is 5.56 Å². The lowest BCUT2D eigenvalue weighted by Crippen LogP contribution is -1.92.